The Balaban J connectivity index is 1.78. The molecule has 0 radical (unpaired) electrons. The van der Waals surface area contributed by atoms with Crippen molar-refractivity contribution in [1.29, 1.82) is 5.26 Å². The summed E-state index contributed by atoms with van der Waals surface area (Å²) in [5.74, 6) is 0.324. The Kier molecular flexibility index (Phi) is 3.54. The number of nitriles is 1. The largest absolute Gasteiger partial charge is 0.280 e. The van der Waals surface area contributed by atoms with Gasteiger partial charge in [-0.3, -0.25) is 4.90 Å². The lowest BCUT2D eigenvalue weighted by Crippen LogP contribution is -2.59. The summed E-state index contributed by atoms with van der Waals surface area (Å²) in [5, 5.41) is 9.49. The molecule has 0 aromatic heterocycles. The van der Waals surface area contributed by atoms with Crippen LogP contribution in [0.4, 0.5) is 0 Å². The van der Waals surface area contributed by atoms with Crippen LogP contribution in [-0.4, -0.2) is 17.0 Å². The number of likely N-dealkylation sites (tertiary alicyclic amines) is 1. The molecule has 2 heteroatoms. The Labute approximate surface area is 120 Å². The molecule has 1 aliphatic rings. The first-order chi connectivity index (χ1) is 9.81. The van der Waals surface area contributed by atoms with Crippen LogP contribution in [0.5, 0.6) is 0 Å². The minimum absolute atomic E-state index is 0.0207. The molecule has 0 amide bonds. The molecule has 1 fully saturated rings. The van der Waals surface area contributed by atoms with Crippen LogP contribution < -0.4 is 0 Å². The minimum atomic E-state index is -0.0207. The highest BCUT2D eigenvalue weighted by molar-refractivity contribution is 5.31. The predicted molar refractivity (Wildman–Crippen MR) is 80.0 cm³/mol. The summed E-state index contributed by atoms with van der Waals surface area (Å²) in [7, 11) is 0. The van der Waals surface area contributed by atoms with Crippen molar-refractivity contribution in [2.75, 3.05) is 0 Å². The minimum Gasteiger partial charge on any atom is -0.280 e. The fourth-order valence-corrected chi connectivity index (χ4v) is 3.16. The van der Waals surface area contributed by atoms with Crippen molar-refractivity contribution in [3.05, 3.63) is 71.8 Å². The molecule has 2 aromatic carbocycles. The van der Waals surface area contributed by atoms with Crippen LogP contribution in [0.1, 0.15) is 24.0 Å². The fraction of sp³-hybridized carbons (Fsp3) is 0.278. The highest BCUT2D eigenvalue weighted by Gasteiger charge is 2.46. The van der Waals surface area contributed by atoms with Crippen LogP contribution in [-0.2, 0) is 6.54 Å². The second-order valence-electron chi connectivity index (χ2n) is 5.41. The second-order valence-corrected chi connectivity index (χ2v) is 5.41. The smallest absolute Gasteiger partial charge is 0.107 e. The highest BCUT2D eigenvalue weighted by Crippen LogP contribution is 2.40. The van der Waals surface area contributed by atoms with E-state index in [9.17, 15) is 5.26 Å². The van der Waals surface area contributed by atoms with Crippen molar-refractivity contribution in [2.45, 2.75) is 31.5 Å². The molecule has 0 unspecified atom stereocenters. The molecule has 100 valence electrons. The summed E-state index contributed by atoms with van der Waals surface area (Å²) in [6.07, 6.45) is 0. The van der Waals surface area contributed by atoms with Crippen molar-refractivity contribution < 1.29 is 0 Å². The van der Waals surface area contributed by atoms with Gasteiger partial charge in [-0.2, -0.15) is 5.26 Å². The Morgan fingerprint density at radius 2 is 1.60 bits per heavy atom. The van der Waals surface area contributed by atoms with E-state index in [0.717, 1.165) is 6.54 Å². The molecule has 3 rings (SSSR count). The van der Waals surface area contributed by atoms with Crippen molar-refractivity contribution in [1.82, 2.24) is 4.90 Å². The van der Waals surface area contributed by atoms with Gasteiger partial charge < -0.3 is 0 Å². The summed E-state index contributed by atoms with van der Waals surface area (Å²) in [4.78, 5) is 2.28. The Bertz CT molecular complexity index is 600. The van der Waals surface area contributed by atoms with Crippen LogP contribution in [0, 0.1) is 11.3 Å². The highest BCUT2D eigenvalue weighted by atomic mass is 15.3. The molecule has 0 N–H and O–H groups in total. The number of hydrogen-bond donors (Lipinski definition) is 0. The van der Waals surface area contributed by atoms with E-state index in [2.05, 4.69) is 66.4 Å². The molecular formula is C18H18N2. The van der Waals surface area contributed by atoms with Gasteiger partial charge in [0.1, 0.15) is 6.04 Å². The van der Waals surface area contributed by atoms with Gasteiger partial charge in [-0.05, 0) is 18.1 Å². The second kappa shape index (κ2) is 5.48. The summed E-state index contributed by atoms with van der Waals surface area (Å²) in [6, 6.07) is 23.6. The van der Waals surface area contributed by atoms with E-state index in [1.807, 2.05) is 12.1 Å². The zero-order valence-corrected chi connectivity index (χ0v) is 11.6. The van der Waals surface area contributed by atoms with Gasteiger partial charge in [-0.15, -0.1) is 0 Å². The third kappa shape index (κ3) is 2.21. The lowest BCUT2D eigenvalue weighted by molar-refractivity contribution is 0.0205. The zero-order valence-electron chi connectivity index (χ0n) is 11.6. The maximum absolute atomic E-state index is 9.49. The monoisotopic (exact) mass is 262 g/mol. The molecule has 3 atom stereocenters. The number of rotatable bonds is 3. The van der Waals surface area contributed by atoms with E-state index in [1.165, 1.54) is 11.1 Å². The van der Waals surface area contributed by atoms with Crippen LogP contribution >= 0.6 is 0 Å². The maximum atomic E-state index is 9.49. The Hall–Kier alpha value is -2.11. The molecule has 0 aliphatic carbocycles. The van der Waals surface area contributed by atoms with E-state index in [4.69, 9.17) is 0 Å². The normalized spacial score (nSPS) is 25.7. The predicted octanol–water partition coefficient (Wildman–Crippen LogP) is 3.57. The van der Waals surface area contributed by atoms with E-state index >= 15 is 0 Å². The van der Waals surface area contributed by atoms with Gasteiger partial charge in [0, 0.05) is 18.5 Å². The SMILES string of the molecule is C[C@H]1[C@@H](c2ccccc2)[C@H](C#N)N1Cc1ccccc1. The Morgan fingerprint density at radius 1 is 1.00 bits per heavy atom. The summed E-state index contributed by atoms with van der Waals surface area (Å²) >= 11 is 0. The first-order valence-electron chi connectivity index (χ1n) is 7.05. The topological polar surface area (TPSA) is 27.0 Å². The number of hydrogen-bond acceptors (Lipinski definition) is 2. The van der Waals surface area contributed by atoms with Gasteiger partial charge in [0.15, 0.2) is 0 Å². The average Bonchev–Trinajstić information content (AvgIpc) is 2.51. The van der Waals surface area contributed by atoms with Gasteiger partial charge in [0.25, 0.3) is 0 Å². The fourth-order valence-electron chi connectivity index (χ4n) is 3.16. The van der Waals surface area contributed by atoms with E-state index in [0.29, 0.717) is 12.0 Å². The van der Waals surface area contributed by atoms with Gasteiger partial charge in [0.2, 0.25) is 0 Å². The third-order valence-corrected chi connectivity index (χ3v) is 4.27. The van der Waals surface area contributed by atoms with Gasteiger partial charge >= 0.3 is 0 Å². The first kappa shape index (κ1) is 12.9. The van der Waals surface area contributed by atoms with Crippen molar-refractivity contribution in [3.63, 3.8) is 0 Å². The maximum Gasteiger partial charge on any atom is 0.107 e. The van der Waals surface area contributed by atoms with Gasteiger partial charge in [-0.1, -0.05) is 60.7 Å². The summed E-state index contributed by atoms with van der Waals surface area (Å²) in [5.41, 5.74) is 2.54. The van der Waals surface area contributed by atoms with E-state index < -0.39 is 0 Å². The quantitative estimate of drug-likeness (QED) is 0.845. The van der Waals surface area contributed by atoms with Crippen LogP contribution in [0.25, 0.3) is 0 Å². The molecule has 1 saturated heterocycles. The van der Waals surface area contributed by atoms with E-state index in [1.54, 1.807) is 0 Å². The van der Waals surface area contributed by atoms with Crippen LogP contribution in [0.2, 0.25) is 0 Å². The van der Waals surface area contributed by atoms with Crippen molar-refractivity contribution >= 4 is 0 Å². The summed E-state index contributed by atoms with van der Waals surface area (Å²) < 4.78 is 0. The standard InChI is InChI=1S/C18H18N2/c1-14-18(16-10-6-3-7-11-16)17(12-19)20(14)13-15-8-4-2-5-9-15/h2-11,14,17-18H,13H2,1H3/t14-,17-,18-/m0/s1. The van der Waals surface area contributed by atoms with Crippen LogP contribution in [0.15, 0.2) is 60.7 Å². The number of nitrogens with zero attached hydrogens (tertiary/aromatic N) is 2. The number of benzene rings is 2. The van der Waals surface area contributed by atoms with Gasteiger partial charge in [0.05, 0.1) is 6.07 Å². The molecule has 0 saturated carbocycles. The van der Waals surface area contributed by atoms with Crippen molar-refractivity contribution in [3.8, 4) is 6.07 Å². The molecule has 0 bridgehead atoms. The first-order valence-corrected chi connectivity index (χ1v) is 7.05. The lowest BCUT2D eigenvalue weighted by Gasteiger charge is -2.51. The molecule has 20 heavy (non-hydrogen) atoms. The summed E-state index contributed by atoms with van der Waals surface area (Å²) in [6.45, 7) is 3.07. The average molecular weight is 262 g/mol. The molecule has 1 aliphatic heterocycles. The molecule has 0 spiro atoms. The lowest BCUT2D eigenvalue weighted by atomic mass is 9.76. The third-order valence-electron chi connectivity index (χ3n) is 4.27. The van der Waals surface area contributed by atoms with E-state index in [-0.39, 0.29) is 6.04 Å². The molecular weight excluding hydrogens is 244 g/mol. The van der Waals surface area contributed by atoms with Gasteiger partial charge in [-0.25, -0.2) is 0 Å². The molecule has 2 aromatic rings. The zero-order chi connectivity index (χ0) is 13.9. The van der Waals surface area contributed by atoms with Crippen molar-refractivity contribution in [2.24, 2.45) is 0 Å². The molecule has 1 heterocycles. The van der Waals surface area contributed by atoms with Crippen LogP contribution in [0.3, 0.4) is 0 Å². The Morgan fingerprint density at radius 3 is 2.20 bits per heavy atom. The molecule has 2 nitrogen and oxygen atoms in total.